The molecule has 0 atom stereocenters. The van der Waals surface area contributed by atoms with Gasteiger partial charge in [0.05, 0.1) is 9.83 Å². The summed E-state index contributed by atoms with van der Waals surface area (Å²) >= 11 is 1.42. The fraction of sp³-hybridized carbons (Fsp3) is 0.0952. The topological polar surface area (TPSA) is 73.3 Å². The SMILES string of the molecule is Cc1cc(C)c([N+](=O)[O-])cc1-c1ccc(C=C2Sc3ccccc3C2=O)o1. The van der Waals surface area contributed by atoms with E-state index < -0.39 is 4.92 Å². The highest BCUT2D eigenvalue weighted by molar-refractivity contribution is 8.04. The molecular weight excluding hydrogens is 362 g/mol. The van der Waals surface area contributed by atoms with E-state index in [1.54, 1.807) is 31.2 Å². The molecule has 6 heteroatoms. The number of furan rings is 1. The largest absolute Gasteiger partial charge is 0.457 e. The summed E-state index contributed by atoms with van der Waals surface area (Å²) in [5.41, 5.74) is 2.94. The van der Waals surface area contributed by atoms with Crippen LogP contribution in [-0.4, -0.2) is 10.7 Å². The van der Waals surface area contributed by atoms with Crippen molar-refractivity contribution in [1.29, 1.82) is 0 Å². The number of nitro groups is 1. The maximum atomic E-state index is 12.5. The Balaban J connectivity index is 1.69. The zero-order chi connectivity index (χ0) is 19.1. The molecule has 2 heterocycles. The summed E-state index contributed by atoms with van der Waals surface area (Å²) in [4.78, 5) is 24.8. The van der Waals surface area contributed by atoms with Gasteiger partial charge in [-0.15, -0.1) is 0 Å². The molecule has 134 valence electrons. The number of hydrogen-bond donors (Lipinski definition) is 0. The van der Waals surface area contributed by atoms with Crippen molar-refractivity contribution in [2.45, 2.75) is 18.7 Å². The van der Waals surface area contributed by atoms with Gasteiger partial charge in [-0.05, 0) is 55.8 Å². The standard InChI is InChI=1S/C21H15NO4S/c1-12-9-13(2)17(22(24)25)11-16(12)18-8-7-14(26-18)10-20-21(23)15-5-3-4-6-19(15)27-20/h3-11H,1-2H3. The van der Waals surface area contributed by atoms with Gasteiger partial charge < -0.3 is 4.42 Å². The average Bonchev–Trinajstić information content (AvgIpc) is 3.20. The van der Waals surface area contributed by atoms with Gasteiger partial charge in [-0.3, -0.25) is 14.9 Å². The molecule has 0 fully saturated rings. The molecule has 0 radical (unpaired) electrons. The molecule has 0 unspecified atom stereocenters. The van der Waals surface area contributed by atoms with E-state index in [-0.39, 0.29) is 11.5 Å². The molecule has 0 saturated heterocycles. The van der Waals surface area contributed by atoms with Gasteiger partial charge in [0.15, 0.2) is 0 Å². The van der Waals surface area contributed by atoms with E-state index >= 15 is 0 Å². The van der Waals surface area contributed by atoms with Crippen LogP contribution in [0.15, 0.2) is 62.7 Å². The Morgan fingerprint density at radius 2 is 1.81 bits per heavy atom. The van der Waals surface area contributed by atoms with Crippen molar-refractivity contribution >= 4 is 29.3 Å². The van der Waals surface area contributed by atoms with Crippen molar-refractivity contribution in [1.82, 2.24) is 0 Å². The van der Waals surface area contributed by atoms with Gasteiger partial charge in [-0.2, -0.15) is 0 Å². The van der Waals surface area contributed by atoms with Crippen LogP contribution in [0.4, 0.5) is 5.69 Å². The van der Waals surface area contributed by atoms with E-state index in [2.05, 4.69) is 0 Å². The molecule has 0 saturated carbocycles. The van der Waals surface area contributed by atoms with E-state index in [4.69, 9.17) is 4.42 Å². The first-order valence-electron chi connectivity index (χ1n) is 8.33. The van der Waals surface area contributed by atoms with Crippen LogP contribution in [0.5, 0.6) is 0 Å². The second-order valence-electron chi connectivity index (χ2n) is 6.35. The number of Topliss-reactive ketones (excluding diaryl/α,β-unsaturated/α-hetero) is 1. The second-order valence-corrected chi connectivity index (χ2v) is 7.43. The van der Waals surface area contributed by atoms with Crippen molar-refractivity contribution in [2.24, 2.45) is 0 Å². The summed E-state index contributed by atoms with van der Waals surface area (Å²) in [5, 5.41) is 11.2. The molecule has 1 aliphatic rings. The summed E-state index contributed by atoms with van der Waals surface area (Å²) in [5.74, 6) is 1.06. The molecule has 0 N–H and O–H groups in total. The molecule has 1 aromatic heterocycles. The van der Waals surface area contributed by atoms with E-state index in [0.29, 0.717) is 33.1 Å². The minimum absolute atomic E-state index is 0.0179. The van der Waals surface area contributed by atoms with Crippen molar-refractivity contribution < 1.29 is 14.1 Å². The van der Waals surface area contributed by atoms with E-state index in [1.807, 2.05) is 31.2 Å². The van der Waals surface area contributed by atoms with Crippen molar-refractivity contribution in [2.75, 3.05) is 0 Å². The van der Waals surface area contributed by atoms with Crippen LogP contribution in [0.2, 0.25) is 0 Å². The Morgan fingerprint density at radius 3 is 2.56 bits per heavy atom. The predicted molar refractivity (Wildman–Crippen MR) is 105 cm³/mol. The summed E-state index contributed by atoms with van der Waals surface area (Å²) in [6.07, 6.45) is 1.72. The number of carbonyl (C=O) groups excluding carboxylic acids is 1. The third-order valence-electron chi connectivity index (χ3n) is 4.48. The molecule has 1 aliphatic heterocycles. The summed E-state index contributed by atoms with van der Waals surface area (Å²) < 4.78 is 5.87. The quantitative estimate of drug-likeness (QED) is 0.327. The maximum Gasteiger partial charge on any atom is 0.273 e. The van der Waals surface area contributed by atoms with Crippen LogP contribution in [0, 0.1) is 24.0 Å². The molecule has 27 heavy (non-hydrogen) atoms. The highest BCUT2D eigenvalue weighted by Crippen LogP contribution is 2.41. The third-order valence-corrected chi connectivity index (χ3v) is 5.58. The number of hydrogen-bond acceptors (Lipinski definition) is 5. The lowest BCUT2D eigenvalue weighted by Crippen LogP contribution is -1.94. The normalized spacial score (nSPS) is 14.6. The fourth-order valence-electron chi connectivity index (χ4n) is 3.14. The molecule has 0 spiro atoms. The minimum Gasteiger partial charge on any atom is -0.457 e. The number of nitrogens with zero attached hydrogens (tertiary/aromatic N) is 1. The van der Waals surface area contributed by atoms with Gasteiger partial charge in [0.1, 0.15) is 11.5 Å². The summed E-state index contributed by atoms with van der Waals surface area (Å²) in [6, 6.07) is 14.3. The number of nitro benzene ring substituents is 1. The van der Waals surface area contributed by atoms with Gasteiger partial charge in [-0.25, -0.2) is 0 Å². The molecule has 5 nitrogen and oxygen atoms in total. The first kappa shape index (κ1) is 17.3. The number of fused-ring (bicyclic) bond motifs is 1. The van der Waals surface area contributed by atoms with Gasteiger partial charge >= 0.3 is 0 Å². The molecular formula is C21H15NO4S. The van der Waals surface area contributed by atoms with Crippen LogP contribution in [0.3, 0.4) is 0 Å². The van der Waals surface area contributed by atoms with Gasteiger partial charge in [0.25, 0.3) is 5.69 Å². The lowest BCUT2D eigenvalue weighted by molar-refractivity contribution is -0.385. The van der Waals surface area contributed by atoms with Crippen LogP contribution in [-0.2, 0) is 0 Å². The Kier molecular flexibility index (Phi) is 4.20. The maximum absolute atomic E-state index is 12.5. The summed E-state index contributed by atoms with van der Waals surface area (Å²) in [6.45, 7) is 3.60. The average molecular weight is 377 g/mol. The number of thioether (sulfide) groups is 1. The number of rotatable bonds is 3. The fourth-order valence-corrected chi connectivity index (χ4v) is 4.18. The zero-order valence-electron chi connectivity index (χ0n) is 14.7. The van der Waals surface area contributed by atoms with Crippen molar-refractivity contribution in [3.8, 4) is 11.3 Å². The number of aryl methyl sites for hydroxylation is 2. The van der Waals surface area contributed by atoms with Crippen molar-refractivity contribution in [3.05, 3.63) is 86.0 Å². The monoisotopic (exact) mass is 377 g/mol. The van der Waals surface area contributed by atoms with Crippen LogP contribution in [0.1, 0.15) is 27.2 Å². The number of ketones is 1. The lowest BCUT2D eigenvalue weighted by Gasteiger charge is -2.05. The van der Waals surface area contributed by atoms with E-state index in [0.717, 1.165) is 10.5 Å². The van der Waals surface area contributed by atoms with Crippen LogP contribution in [0.25, 0.3) is 17.4 Å². The van der Waals surface area contributed by atoms with Gasteiger partial charge in [-0.1, -0.05) is 23.9 Å². The first-order valence-corrected chi connectivity index (χ1v) is 9.15. The first-order chi connectivity index (χ1) is 12.9. The molecule has 2 aromatic carbocycles. The van der Waals surface area contributed by atoms with Gasteiger partial charge in [0, 0.05) is 27.7 Å². The molecule has 4 rings (SSSR count). The van der Waals surface area contributed by atoms with Gasteiger partial charge in [0.2, 0.25) is 5.78 Å². The molecule has 0 aliphatic carbocycles. The second kappa shape index (κ2) is 6.55. The summed E-state index contributed by atoms with van der Waals surface area (Å²) in [7, 11) is 0. The predicted octanol–water partition coefficient (Wildman–Crippen LogP) is 5.80. The zero-order valence-corrected chi connectivity index (χ0v) is 15.5. The lowest BCUT2D eigenvalue weighted by atomic mass is 10.0. The van der Waals surface area contributed by atoms with Crippen LogP contribution < -0.4 is 0 Å². The number of benzene rings is 2. The molecule has 0 amide bonds. The number of allylic oxidation sites excluding steroid dienone is 1. The highest BCUT2D eigenvalue weighted by atomic mass is 32.2. The van der Waals surface area contributed by atoms with E-state index in [1.165, 1.54) is 17.8 Å². The molecule has 3 aromatic rings. The number of carbonyl (C=O) groups is 1. The molecule has 0 bridgehead atoms. The Labute approximate surface area is 159 Å². The smallest absolute Gasteiger partial charge is 0.273 e. The van der Waals surface area contributed by atoms with Crippen LogP contribution >= 0.6 is 11.8 Å². The Bertz CT molecular complexity index is 1130. The van der Waals surface area contributed by atoms with E-state index in [9.17, 15) is 14.9 Å². The minimum atomic E-state index is -0.394. The highest BCUT2D eigenvalue weighted by Gasteiger charge is 2.25. The third kappa shape index (κ3) is 3.08. The Hall–Kier alpha value is -3.12. The Morgan fingerprint density at radius 1 is 1.04 bits per heavy atom. The van der Waals surface area contributed by atoms with Crippen molar-refractivity contribution in [3.63, 3.8) is 0 Å².